The fourth-order valence-electron chi connectivity index (χ4n) is 4.09. The molecular weight excluding hydrogens is 333 g/mol. The minimum atomic E-state index is -0.242. The molecule has 0 radical (unpaired) electrons. The molecule has 1 N–H and O–H groups in total. The molecule has 2 saturated carbocycles. The number of ether oxygens (including phenoxy) is 1. The predicted molar refractivity (Wildman–Crippen MR) is 86.1 cm³/mol. The summed E-state index contributed by atoms with van der Waals surface area (Å²) >= 11 is 3.23. The molecule has 2 aliphatic rings. The lowest BCUT2D eigenvalue weighted by molar-refractivity contribution is -0.0882. The molecule has 116 valence electrons. The van der Waals surface area contributed by atoms with Gasteiger partial charge in [-0.1, -0.05) is 25.7 Å². The van der Waals surface area contributed by atoms with Crippen LogP contribution in [-0.4, -0.2) is 19.2 Å². The Morgan fingerprint density at radius 3 is 2.57 bits per heavy atom. The van der Waals surface area contributed by atoms with Crippen LogP contribution < -0.4 is 10.1 Å². The van der Waals surface area contributed by atoms with Gasteiger partial charge in [-0.3, -0.25) is 0 Å². The van der Waals surface area contributed by atoms with Gasteiger partial charge in [-0.15, -0.1) is 0 Å². The van der Waals surface area contributed by atoms with Crippen molar-refractivity contribution in [1.82, 2.24) is 5.32 Å². The first-order valence-corrected chi connectivity index (χ1v) is 8.74. The SMILES string of the molecule is CNC1CC(Oc2ccc(F)c(Br)c2)C12CCCCCC2. The summed E-state index contributed by atoms with van der Waals surface area (Å²) in [6.45, 7) is 0. The van der Waals surface area contributed by atoms with Gasteiger partial charge in [0.2, 0.25) is 0 Å². The zero-order valence-electron chi connectivity index (χ0n) is 12.5. The second-order valence-electron chi connectivity index (χ2n) is 6.41. The Morgan fingerprint density at radius 2 is 1.95 bits per heavy atom. The monoisotopic (exact) mass is 355 g/mol. The van der Waals surface area contributed by atoms with Crippen molar-refractivity contribution in [2.24, 2.45) is 5.41 Å². The van der Waals surface area contributed by atoms with E-state index in [0.29, 0.717) is 10.5 Å². The molecule has 2 nitrogen and oxygen atoms in total. The van der Waals surface area contributed by atoms with Gasteiger partial charge >= 0.3 is 0 Å². The summed E-state index contributed by atoms with van der Waals surface area (Å²) in [5.41, 5.74) is 0.270. The van der Waals surface area contributed by atoms with Crippen LogP contribution in [0, 0.1) is 11.2 Å². The maximum atomic E-state index is 13.3. The van der Waals surface area contributed by atoms with Gasteiger partial charge in [-0.2, -0.15) is 0 Å². The lowest BCUT2D eigenvalue weighted by atomic mass is 9.58. The summed E-state index contributed by atoms with van der Waals surface area (Å²) in [7, 11) is 2.06. The molecule has 1 spiro atoms. The highest BCUT2D eigenvalue weighted by atomic mass is 79.9. The van der Waals surface area contributed by atoms with Gasteiger partial charge in [0.25, 0.3) is 0 Å². The van der Waals surface area contributed by atoms with Gasteiger partial charge in [0, 0.05) is 17.9 Å². The first-order chi connectivity index (χ1) is 10.2. The van der Waals surface area contributed by atoms with Crippen molar-refractivity contribution in [2.45, 2.75) is 57.1 Å². The van der Waals surface area contributed by atoms with Crippen molar-refractivity contribution in [3.8, 4) is 5.75 Å². The van der Waals surface area contributed by atoms with Crippen molar-refractivity contribution in [1.29, 1.82) is 0 Å². The van der Waals surface area contributed by atoms with E-state index in [2.05, 4.69) is 28.3 Å². The Balaban J connectivity index is 1.76. The van der Waals surface area contributed by atoms with E-state index in [1.54, 1.807) is 12.1 Å². The van der Waals surface area contributed by atoms with Crippen LogP contribution in [0.3, 0.4) is 0 Å². The first kappa shape index (κ1) is 15.3. The summed E-state index contributed by atoms with van der Waals surface area (Å²) in [4.78, 5) is 0. The number of hydrogen-bond donors (Lipinski definition) is 1. The second kappa shape index (κ2) is 6.25. The van der Waals surface area contributed by atoms with E-state index in [4.69, 9.17) is 4.74 Å². The highest BCUT2D eigenvalue weighted by Gasteiger charge is 2.55. The number of benzene rings is 1. The summed E-state index contributed by atoms with van der Waals surface area (Å²) in [6.07, 6.45) is 9.06. The van der Waals surface area contributed by atoms with Crippen molar-refractivity contribution >= 4 is 15.9 Å². The van der Waals surface area contributed by atoms with E-state index in [0.717, 1.165) is 12.2 Å². The van der Waals surface area contributed by atoms with Gasteiger partial charge in [0.05, 0.1) is 4.47 Å². The first-order valence-electron chi connectivity index (χ1n) is 7.95. The Labute approximate surface area is 134 Å². The lowest BCUT2D eigenvalue weighted by Crippen LogP contribution is -2.64. The minimum absolute atomic E-state index is 0.242. The van der Waals surface area contributed by atoms with E-state index in [1.165, 1.54) is 44.6 Å². The van der Waals surface area contributed by atoms with Crippen LogP contribution >= 0.6 is 15.9 Å². The van der Waals surface area contributed by atoms with Gasteiger partial charge in [-0.25, -0.2) is 4.39 Å². The topological polar surface area (TPSA) is 21.3 Å². The molecule has 0 amide bonds. The maximum Gasteiger partial charge on any atom is 0.137 e. The minimum Gasteiger partial charge on any atom is -0.490 e. The average molecular weight is 356 g/mol. The number of nitrogens with one attached hydrogen (secondary N) is 1. The van der Waals surface area contributed by atoms with Crippen LogP contribution in [0.2, 0.25) is 0 Å². The zero-order valence-corrected chi connectivity index (χ0v) is 14.1. The second-order valence-corrected chi connectivity index (χ2v) is 7.26. The molecule has 1 aromatic rings. The van der Waals surface area contributed by atoms with E-state index in [9.17, 15) is 4.39 Å². The van der Waals surface area contributed by atoms with Crippen LogP contribution in [0.4, 0.5) is 4.39 Å². The Kier molecular flexibility index (Phi) is 4.55. The number of halogens is 2. The van der Waals surface area contributed by atoms with E-state index in [1.807, 2.05) is 0 Å². The summed E-state index contributed by atoms with van der Waals surface area (Å²) in [6, 6.07) is 5.50. The van der Waals surface area contributed by atoms with Crippen LogP contribution in [0.5, 0.6) is 5.75 Å². The summed E-state index contributed by atoms with van der Waals surface area (Å²) < 4.78 is 20.0. The van der Waals surface area contributed by atoms with Crippen molar-refractivity contribution < 1.29 is 9.13 Å². The fourth-order valence-corrected chi connectivity index (χ4v) is 4.45. The molecule has 0 heterocycles. The predicted octanol–water partition coefficient (Wildman–Crippen LogP) is 4.67. The third-order valence-corrected chi connectivity index (χ3v) is 5.95. The quantitative estimate of drug-likeness (QED) is 0.850. The molecular formula is C17H23BrFNO. The normalized spacial score (nSPS) is 28.0. The average Bonchev–Trinajstić information content (AvgIpc) is 2.74. The number of rotatable bonds is 3. The highest BCUT2D eigenvalue weighted by Crippen LogP contribution is 2.52. The van der Waals surface area contributed by atoms with Gasteiger partial charge < -0.3 is 10.1 Å². The molecule has 2 fully saturated rings. The Morgan fingerprint density at radius 1 is 1.24 bits per heavy atom. The molecule has 1 aromatic carbocycles. The van der Waals surface area contributed by atoms with E-state index >= 15 is 0 Å². The van der Waals surface area contributed by atoms with Crippen LogP contribution in [0.1, 0.15) is 44.9 Å². The summed E-state index contributed by atoms with van der Waals surface area (Å²) in [5, 5.41) is 3.48. The van der Waals surface area contributed by atoms with Crippen LogP contribution in [-0.2, 0) is 0 Å². The third kappa shape index (κ3) is 2.85. The van der Waals surface area contributed by atoms with Gasteiger partial charge in [-0.05, 0) is 54.0 Å². The molecule has 21 heavy (non-hydrogen) atoms. The molecule has 0 aliphatic heterocycles. The van der Waals surface area contributed by atoms with Crippen molar-refractivity contribution in [2.75, 3.05) is 7.05 Å². The van der Waals surface area contributed by atoms with Crippen molar-refractivity contribution in [3.63, 3.8) is 0 Å². The third-order valence-electron chi connectivity index (χ3n) is 5.34. The molecule has 2 unspecified atom stereocenters. The fraction of sp³-hybridized carbons (Fsp3) is 0.647. The molecule has 0 aromatic heterocycles. The zero-order chi connectivity index (χ0) is 14.9. The largest absolute Gasteiger partial charge is 0.490 e. The number of hydrogen-bond acceptors (Lipinski definition) is 2. The Hall–Kier alpha value is -0.610. The molecule has 0 saturated heterocycles. The lowest BCUT2D eigenvalue weighted by Gasteiger charge is -2.55. The molecule has 3 rings (SSSR count). The molecule has 2 atom stereocenters. The van der Waals surface area contributed by atoms with Gasteiger partial charge in [0.15, 0.2) is 0 Å². The van der Waals surface area contributed by atoms with E-state index < -0.39 is 0 Å². The van der Waals surface area contributed by atoms with E-state index in [-0.39, 0.29) is 17.3 Å². The van der Waals surface area contributed by atoms with Crippen LogP contribution in [0.15, 0.2) is 22.7 Å². The van der Waals surface area contributed by atoms with Crippen LogP contribution in [0.25, 0.3) is 0 Å². The smallest absolute Gasteiger partial charge is 0.137 e. The Bertz CT molecular complexity index is 500. The highest BCUT2D eigenvalue weighted by molar-refractivity contribution is 9.10. The molecule has 0 bridgehead atoms. The van der Waals surface area contributed by atoms with Crippen molar-refractivity contribution in [3.05, 3.63) is 28.5 Å². The standard InChI is InChI=1S/C17H23BrFNO/c1-20-15-11-16(17(15)8-4-2-3-5-9-17)21-12-6-7-14(19)13(18)10-12/h6-7,10,15-16,20H,2-5,8-9,11H2,1H3. The van der Waals surface area contributed by atoms with Gasteiger partial charge in [0.1, 0.15) is 17.7 Å². The summed E-state index contributed by atoms with van der Waals surface area (Å²) in [5.74, 6) is 0.527. The maximum absolute atomic E-state index is 13.3. The molecule has 4 heteroatoms. The molecule has 2 aliphatic carbocycles.